The van der Waals surface area contributed by atoms with Gasteiger partial charge in [-0.15, -0.1) is 0 Å². The molecule has 2 rings (SSSR count). The molecule has 5 nitrogen and oxygen atoms in total. The first-order chi connectivity index (χ1) is 8.04. The standard InChI is InChI=1S/C12H15NO4/c14-10-2-1-9(11(15)4-10)7-13-5-8(6-13)3-12(16)17/h1-2,4,8,14-15H,3,5-7H2,(H,16,17). The molecule has 1 aliphatic rings. The van der Waals surface area contributed by atoms with Gasteiger partial charge >= 0.3 is 5.97 Å². The summed E-state index contributed by atoms with van der Waals surface area (Å²) < 4.78 is 0. The van der Waals surface area contributed by atoms with E-state index in [1.165, 1.54) is 12.1 Å². The van der Waals surface area contributed by atoms with Gasteiger partial charge in [0.25, 0.3) is 0 Å². The van der Waals surface area contributed by atoms with Crippen LogP contribution >= 0.6 is 0 Å². The van der Waals surface area contributed by atoms with Gasteiger partial charge < -0.3 is 15.3 Å². The Morgan fingerprint density at radius 2 is 2.06 bits per heavy atom. The van der Waals surface area contributed by atoms with E-state index in [0.29, 0.717) is 6.54 Å². The monoisotopic (exact) mass is 237 g/mol. The van der Waals surface area contributed by atoms with Crippen LogP contribution in [-0.4, -0.2) is 39.3 Å². The number of likely N-dealkylation sites (tertiary alicyclic amines) is 1. The molecule has 3 N–H and O–H groups in total. The summed E-state index contributed by atoms with van der Waals surface area (Å²) in [5.41, 5.74) is 0.747. The second-order valence-electron chi connectivity index (χ2n) is 4.47. The lowest BCUT2D eigenvalue weighted by Gasteiger charge is -2.38. The minimum Gasteiger partial charge on any atom is -0.508 e. The molecule has 92 valence electrons. The van der Waals surface area contributed by atoms with Gasteiger partial charge in [0.05, 0.1) is 6.42 Å². The first-order valence-corrected chi connectivity index (χ1v) is 5.49. The Morgan fingerprint density at radius 3 is 2.65 bits per heavy atom. The van der Waals surface area contributed by atoms with E-state index in [0.717, 1.165) is 18.7 Å². The van der Waals surface area contributed by atoms with E-state index >= 15 is 0 Å². The molecule has 0 aromatic heterocycles. The normalized spacial score (nSPS) is 16.7. The smallest absolute Gasteiger partial charge is 0.303 e. The Kier molecular flexibility index (Phi) is 3.19. The second-order valence-corrected chi connectivity index (χ2v) is 4.47. The van der Waals surface area contributed by atoms with Crippen molar-refractivity contribution in [3.05, 3.63) is 23.8 Å². The average Bonchev–Trinajstić information content (AvgIpc) is 2.17. The van der Waals surface area contributed by atoms with E-state index in [1.807, 2.05) is 0 Å². The number of nitrogens with zero attached hydrogens (tertiary/aromatic N) is 1. The molecule has 1 aliphatic heterocycles. The maximum atomic E-state index is 10.5. The number of benzene rings is 1. The van der Waals surface area contributed by atoms with Gasteiger partial charge in [-0.25, -0.2) is 0 Å². The Labute approximate surface area is 98.9 Å². The highest BCUT2D eigenvalue weighted by Crippen LogP contribution is 2.27. The third-order valence-corrected chi connectivity index (χ3v) is 2.96. The number of phenolic OH excluding ortho intramolecular Hbond substituents is 2. The minimum absolute atomic E-state index is 0.0404. The maximum Gasteiger partial charge on any atom is 0.303 e. The van der Waals surface area contributed by atoms with Crippen molar-refractivity contribution in [3.63, 3.8) is 0 Å². The zero-order valence-electron chi connectivity index (χ0n) is 9.33. The number of carboxylic acids is 1. The third-order valence-electron chi connectivity index (χ3n) is 2.96. The van der Waals surface area contributed by atoms with Gasteiger partial charge in [-0.1, -0.05) is 6.07 Å². The molecular formula is C12H15NO4. The summed E-state index contributed by atoms with van der Waals surface area (Å²) in [5.74, 6) is -0.431. The van der Waals surface area contributed by atoms with Crippen LogP contribution in [-0.2, 0) is 11.3 Å². The summed E-state index contributed by atoms with van der Waals surface area (Å²) >= 11 is 0. The van der Waals surface area contributed by atoms with Crippen molar-refractivity contribution < 1.29 is 20.1 Å². The van der Waals surface area contributed by atoms with Crippen LogP contribution in [0.25, 0.3) is 0 Å². The average molecular weight is 237 g/mol. The molecule has 0 unspecified atom stereocenters. The number of carbonyl (C=O) groups is 1. The lowest BCUT2D eigenvalue weighted by molar-refractivity contribution is -0.139. The van der Waals surface area contributed by atoms with Gasteiger partial charge in [-0.2, -0.15) is 0 Å². The zero-order chi connectivity index (χ0) is 12.4. The predicted octanol–water partition coefficient (Wildman–Crippen LogP) is 1.00. The van der Waals surface area contributed by atoms with Crippen LogP contribution in [0.4, 0.5) is 0 Å². The quantitative estimate of drug-likeness (QED) is 0.728. The Balaban J connectivity index is 1.85. The van der Waals surface area contributed by atoms with E-state index in [-0.39, 0.29) is 23.8 Å². The molecule has 0 saturated carbocycles. The third kappa shape index (κ3) is 2.88. The van der Waals surface area contributed by atoms with Crippen molar-refractivity contribution in [1.29, 1.82) is 0 Å². The molecule has 1 heterocycles. The predicted molar refractivity (Wildman–Crippen MR) is 60.8 cm³/mol. The van der Waals surface area contributed by atoms with Crippen LogP contribution in [0.1, 0.15) is 12.0 Å². The Bertz CT molecular complexity index is 427. The van der Waals surface area contributed by atoms with Crippen molar-refractivity contribution >= 4 is 5.97 Å². The lowest BCUT2D eigenvalue weighted by atomic mass is 9.95. The number of hydrogen-bond donors (Lipinski definition) is 3. The fourth-order valence-corrected chi connectivity index (χ4v) is 2.11. The Hall–Kier alpha value is -1.75. The summed E-state index contributed by atoms with van der Waals surface area (Å²) in [6.45, 7) is 2.07. The van der Waals surface area contributed by atoms with Crippen LogP contribution in [0.5, 0.6) is 11.5 Å². The zero-order valence-corrected chi connectivity index (χ0v) is 9.33. The number of carboxylic acid groups (broad SMARTS) is 1. The van der Waals surface area contributed by atoms with E-state index < -0.39 is 5.97 Å². The summed E-state index contributed by atoms with van der Waals surface area (Å²) in [4.78, 5) is 12.5. The van der Waals surface area contributed by atoms with Gasteiger partial charge in [0.15, 0.2) is 0 Å². The van der Waals surface area contributed by atoms with Gasteiger partial charge in [-0.05, 0) is 12.0 Å². The summed E-state index contributed by atoms with van der Waals surface area (Å²) in [6, 6.07) is 4.52. The van der Waals surface area contributed by atoms with Crippen LogP contribution in [0.3, 0.4) is 0 Å². The van der Waals surface area contributed by atoms with Gasteiger partial charge in [-0.3, -0.25) is 9.69 Å². The molecule has 1 aromatic carbocycles. The highest BCUT2D eigenvalue weighted by molar-refractivity contribution is 5.67. The van der Waals surface area contributed by atoms with Crippen LogP contribution in [0.2, 0.25) is 0 Å². The fourth-order valence-electron chi connectivity index (χ4n) is 2.11. The minimum atomic E-state index is -0.762. The molecule has 1 saturated heterocycles. The molecule has 0 atom stereocenters. The molecule has 0 radical (unpaired) electrons. The summed E-state index contributed by atoms with van der Waals surface area (Å²) in [6.07, 6.45) is 0.206. The highest BCUT2D eigenvalue weighted by Gasteiger charge is 2.28. The van der Waals surface area contributed by atoms with Crippen molar-refractivity contribution in [2.75, 3.05) is 13.1 Å². The van der Waals surface area contributed by atoms with E-state index in [9.17, 15) is 9.90 Å². The van der Waals surface area contributed by atoms with Crippen LogP contribution < -0.4 is 0 Å². The van der Waals surface area contributed by atoms with E-state index in [2.05, 4.69) is 4.90 Å². The van der Waals surface area contributed by atoms with Crippen molar-refractivity contribution in [2.24, 2.45) is 5.92 Å². The molecule has 0 spiro atoms. The first kappa shape index (κ1) is 11.7. The van der Waals surface area contributed by atoms with Gasteiger partial charge in [0, 0.05) is 31.3 Å². The SMILES string of the molecule is O=C(O)CC1CN(Cc2ccc(O)cc2O)C1. The summed E-state index contributed by atoms with van der Waals surface area (Å²) in [7, 11) is 0. The van der Waals surface area contributed by atoms with Crippen molar-refractivity contribution in [2.45, 2.75) is 13.0 Å². The number of aliphatic carboxylic acids is 1. The number of rotatable bonds is 4. The van der Waals surface area contributed by atoms with Crippen LogP contribution in [0, 0.1) is 5.92 Å². The second kappa shape index (κ2) is 4.63. The van der Waals surface area contributed by atoms with Gasteiger partial charge in [0.1, 0.15) is 11.5 Å². The van der Waals surface area contributed by atoms with Crippen molar-refractivity contribution in [3.8, 4) is 11.5 Å². The molecule has 0 aliphatic carbocycles. The molecule has 5 heteroatoms. The molecular weight excluding hydrogens is 222 g/mol. The first-order valence-electron chi connectivity index (χ1n) is 5.49. The molecule has 17 heavy (non-hydrogen) atoms. The highest BCUT2D eigenvalue weighted by atomic mass is 16.4. The molecule has 0 bridgehead atoms. The number of hydrogen-bond acceptors (Lipinski definition) is 4. The molecule has 1 aromatic rings. The van der Waals surface area contributed by atoms with Crippen LogP contribution in [0.15, 0.2) is 18.2 Å². The number of phenols is 2. The van der Waals surface area contributed by atoms with Gasteiger partial charge in [0.2, 0.25) is 0 Å². The summed E-state index contributed by atoms with van der Waals surface area (Å²) in [5, 5.41) is 27.3. The van der Waals surface area contributed by atoms with E-state index in [1.54, 1.807) is 6.07 Å². The number of aromatic hydroxyl groups is 2. The van der Waals surface area contributed by atoms with E-state index in [4.69, 9.17) is 10.2 Å². The largest absolute Gasteiger partial charge is 0.508 e. The lowest BCUT2D eigenvalue weighted by Crippen LogP contribution is -2.46. The van der Waals surface area contributed by atoms with Crippen molar-refractivity contribution in [1.82, 2.24) is 4.90 Å². The Morgan fingerprint density at radius 1 is 1.35 bits per heavy atom. The maximum absolute atomic E-state index is 10.5. The topological polar surface area (TPSA) is 81.0 Å². The fraction of sp³-hybridized carbons (Fsp3) is 0.417. The molecule has 1 fully saturated rings. The molecule has 0 amide bonds.